The number of nitrogens with one attached hydrogen (secondary N) is 2. The lowest BCUT2D eigenvalue weighted by Crippen LogP contribution is -2.41. The van der Waals surface area contributed by atoms with Crippen LogP contribution in [0, 0.1) is 11.3 Å². The van der Waals surface area contributed by atoms with Crippen LogP contribution >= 0.6 is 0 Å². The molecule has 3 aromatic heterocycles. The van der Waals surface area contributed by atoms with Crippen molar-refractivity contribution in [3.63, 3.8) is 0 Å². The Kier molecular flexibility index (Phi) is 5.84. The molecule has 0 bridgehead atoms. The number of carbonyl (C=O) groups is 1. The summed E-state index contributed by atoms with van der Waals surface area (Å²) >= 11 is 0. The van der Waals surface area contributed by atoms with E-state index in [4.69, 9.17) is 9.84 Å². The minimum atomic E-state index is -0.545. The zero-order valence-electron chi connectivity index (χ0n) is 20.4. The maximum absolute atomic E-state index is 12.7. The van der Waals surface area contributed by atoms with Crippen LogP contribution in [0.5, 0.6) is 0 Å². The van der Waals surface area contributed by atoms with E-state index < -0.39 is 5.60 Å². The van der Waals surface area contributed by atoms with Gasteiger partial charge in [0.15, 0.2) is 0 Å². The highest BCUT2D eigenvalue weighted by Crippen LogP contribution is 2.33. The Balaban J connectivity index is 1.50. The van der Waals surface area contributed by atoms with Crippen molar-refractivity contribution in [2.75, 3.05) is 18.4 Å². The third-order valence-corrected chi connectivity index (χ3v) is 6.21. The van der Waals surface area contributed by atoms with Gasteiger partial charge in [-0.2, -0.15) is 10.4 Å². The monoisotopic (exact) mass is 485 g/mol. The predicted molar refractivity (Wildman–Crippen MR) is 135 cm³/mol. The van der Waals surface area contributed by atoms with Crippen LogP contribution in [-0.4, -0.2) is 49.3 Å². The van der Waals surface area contributed by atoms with E-state index in [9.17, 15) is 14.9 Å². The predicted octanol–water partition coefficient (Wildman–Crippen LogP) is 4.30. The fraction of sp³-hybridized carbons (Fsp3) is 0.346. The second-order valence-electron chi connectivity index (χ2n) is 9.90. The van der Waals surface area contributed by atoms with Crippen molar-refractivity contribution in [3.8, 4) is 6.07 Å². The number of fused-ring (bicyclic) bond motifs is 3. The van der Waals surface area contributed by atoms with E-state index in [1.54, 1.807) is 33.8 Å². The number of hydrogen-bond donors (Lipinski definition) is 2. The van der Waals surface area contributed by atoms with E-state index in [1.165, 1.54) is 0 Å². The third kappa shape index (κ3) is 4.47. The number of aromatic nitrogens is 4. The number of nitriles is 1. The van der Waals surface area contributed by atoms with Crippen molar-refractivity contribution in [1.29, 1.82) is 5.26 Å². The van der Waals surface area contributed by atoms with E-state index in [2.05, 4.69) is 21.4 Å². The van der Waals surface area contributed by atoms with Gasteiger partial charge in [-0.05, 0) is 57.9 Å². The zero-order valence-corrected chi connectivity index (χ0v) is 20.4. The molecule has 184 valence electrons. The van der Waals surface area contributed by atoms with Gasteiger partial charge in [0.25, 0.3) is 5.56 Å². The summed E-state index contributed by atoms with van der Waals surface area (Å²) in [6.07, 6.45) is 2.68. The standard InChI is InChI=1S/C26H27N7O3/c1-26(2,3)36-25(35)32-12-9-16(10-13-32)20-14-21(34)30-24-22-18(7-4-8-19(22)31-33(20)24)29-23-17(15-27)6-5-11-28-23/h4-8,11,14,16H,9-10,12-13H2,1-3H3,(H,28,29)(H,30,34). The number of likely N-dealkylation sites (tertiary alicyclic amines) is 1. The first-order valence-electron chi connectivity index (χ1n) is 11.9. The molecule has 10 nitrogen and oxygen atoms in total. The molecule has 36 heavy (non-hydrogen) atoms. The molecule has 1 aromatic carbocycles. The second kappa shape index (κ2) is 9.00. The number of anilines is 2. The molecular formula is C26H27N7O3. The topological polar surface area (TPSA) is 128 Å². The Bertz CT molecular complexity index is 1550. The summed E-state index contributed by atoms with van der Waals surface area (Å²) in [6.45, 7) is 6.64. The molecule has 4 aromatic rings. The fourth-order valence-electron chi connectivity index (χ4n) is 4.59. The van der Waals surface area contributed by atoms with Crippen LogP contribution in [0.3, 0.4) is 0 Å². The molecule has 0 atom stereocenters. The Morgan fingerprint density at radius 1 is 1.22 bits per heavy atom. The largest absolute Gasteiger partial charge is 0.444 e. The van der Waals surface area contributed by atoms with E-state index in [0.29, 0.717) is 54.2 Å². The number of pyridine rings is 1. The molecule has 2 N–H and O–H groups in total. The van der Waals surface area contributed by atoms with Crippen LogP contribution in [0.25, 0.3) is 16.6 Å². The molecular weight excluding hydrogens is 458 g/mol. The summed E-state index contributed by atoms with van der Waals surface area (Å²) in [5, 5.41) is 18.2. The van der Waals surface area contributed by atoms with Gasteiger partial charge in [0.2, 0.25) is 0 Å². The van der Waals surface area contributed by atoms with Crippen LogP contribution in [0.2, 0.25) is 0 Å². The lowest BCUT2D eigenvalue weighted by molar-refractivity contribution is 0.0203. The molecule has 4 heterocycles. The first kappa shape index (κ1) is 23.4. The highest BCUT2D eigenvalue weighted by atomic mass is 16.6. The average Bonchev–Trinajstić information content (AvgIpc) is 3.22. The van der Waals surface area contributed by atoms with Crippen molar-refractivity contribution < 1.29 is 9.53 Å². The minimum absolute atomic E-state index is 0.0557. The van der Waals surface area contributed by atoms with Crippen LogP contribution in [0.4, 0.5) is 16.3 Å². The SMILES string of the molecule is CC(C)(C)OC(=O)N1CCC(c2cc(=O)[nH]c3c4c(Nc5ncccc5C#N)cccc4nn23)CC1. The Morgan fingerprint density at radius 3 is 2.72 bits per heavy atom. The van der Waals surface area contributed by atoms with Gasteiger partial charge in [0.05, 0.1) is 27.8 Å². The van der Waals surface area contributed by atoms with Crippen molar-refractivity contribution in [1.82, 2.24) is 24.5 Å². The van der Waals surface area contributed by atoms with Crippen LogP contribution in [0.15, 0.2) is 47.4 Å². The van der Waals surface area contributed by atoms with E-state index in [-0.39, 0.29) is 17.6 Å². The fourth-order valence-corrected chi connectivity index (χ4v) is 4.59. The number of amides is 1. The quantitative estimate of drug-likeness (QED) is 0.443. The van der Waals surface area contributed by atoms with Crippen molar-refractivity contribution in [2.45, 2.75) is 45.1 Å². The summed E-state index contributed by atoms with van der Waals surface area (Å²) < 4.78 is 7.29. The molecule has 0 radical (unpaired) electrons. The highest BCUT2D eigenvalue weighted by molar-refractivity contribution is 6.03. The van der Waals surface area contributed by atoms with Gasteiger partial charge in [-0.1, -0.05) is 6.07 Å². The maximum atomic E-state index is 12.7. The van der Waals surface area contributed by atoms with E-state index >= 15 is 0 Å². The number of benzene rings is 1. The molecule has 0 saturated carbocycles. The Morgan fingerprint density at radius 2 is 2.00 bits per heavy atom. The van der Waals surface area contributed by atoms with Crippen LogP contribution in [-0.2, 0) is 4.74 Å². The highest BCUT2D eigenvalue weighted by Gasteiger charge is 2.29. The Labute approximate surface area is 207 Å². The minimum Gasteiger partial charge on any atom is -0.444 e. The molecule has 0 aliphatic carbocycles. The first-order chi connectivity index (χ1) is 17.2. The van der Waals surface area contributed by atoms with E-state index in [1.807, 2.05) is 39.0 Å². The molecule has 10 heteroatoms. The maximum Gasteiger partial charge on any atom is 0.410 e. The second-order valence-corrected chi connectivity index (χ2v) is 9.90. The number of carbonyl (C=O) groups excluding carboxylic acids is 1. The molecule has 1 amide bonds. The average molecular weight is 486 g/mol. The first-order valence-corrected chi connectivity index (χ1v) is 11.9. The van der Waals surface area contributed by atoms with Crippen LogP contribution in [0.1, 0.15) is 50.8 Å². The number of hydrogen-bond acceptors (Lipinski definition) is 7. The number of piperidine rings is 1. The van der Waals surface area contributed by atoms with Crippen molar-refractivity contribution in [3.05, 3.63) is 64.2 Å². The van der Waals surface area contributed by atoms with Gasteiger partial charge in [-0.3, -0.25) is 4.79 Å². The van der Waals surface area contributed by atoms with Crippen LogP contribution < -0.4 is 10.9 Å². The number of ether oxygens (including phenoxy) is 1. The molecule has 1 fully saturated rings. The van der Waals surface area contributed by atoms with E-state index in [0.717, 1.165) is 11.1 Å². The molecule has 0 unspecified atom stereocenters. The van der Waals surface area contributed by atoms with Gasteiger partial charge >= 0.3 is 6.09 Å². The molecule has 1 saturated heterocycles. The summed E-state index contributed by atoms with van der Waals surface area (Å²) in [5.41, 5.74) is 2.40. The van der Waals surface area contributed by atoms with Gasteiger partial charge in [-0.15, -0.1) is 0 Å². The Hall–Kier alpha value is -4.39. The lowest BCUT2D eigenvalue weighted by Gasteiger charge is -2.33. The van der Waals surface area contributed by atoms with Crippen molar-refractivity contribution in [2.24, 2.45) is 0 Å². The normalized spacial score (nSPS) is 14.7. The number of rotatable bonds is 3. The lowest BCUT2D eigenvalue weighted by atomic mass is 9.93. The smallest absolute Gasteiger partial charge is 0.410 e. The molecule has 1 aliphatic heterocycles. The van der Waals surface area contributed by atoms with Gasteiger partial charge in [-0.25, -0.2) is 14.3 Å². The summed E-state index contributed by atoms with van der Waals surface area (Å²) in [7, 11) is 0. The number of aromatic amines is 1. The third-order valence-electron chi connectivity index (χ3n) is 6.21. The van der Waals surface area contributed by atoms with Gasteiger partial charge < -0.3 is 19.9 Å². The van der Waals surface area contributed by atoms with Gasteiger partial charge in [0, 0.05) is 31.3 Å². The number of H-pyrrole nitrogens is 1. The summed E-state index contributed by atoms with van der Waals surface area (Å²) in [5.74, 6) is 0.486. The molecule has 5 rings (SSSR count). The van der Waals surface area contributed by atoms with Crippen molar-refractivity contribution >= 4 is 34.1 Å². The molecule has 1 aliphatic rings. The zero-order chi connectivity index (χ0) is 25.4. The summed E-state index contributed by atoms with van der Waals surface area (Å²) in [6, 6.07) is 12.7. The number of nitrogens with zero attached hydrogens (tertiary/aromatic N) is 5. The summed E-state index contributed by atoms with van der Waals surface area (Å²) in [4.78, 5) is 34.1. The van der Waals surface area contributed by atoms with Gasteiger partial charge in [0.1, 0.15) is 23.1 Å². The molecule has 0 spiro atoms.